The van der Waals surface area contributed by atoms with Crippen LogP contribution in [0.15, 0.2) is 12.7 Å². The van der Waals surface area contributed by atoms with Crippen LogP contribution in [0.5, 0.6) is 0 Å². The molecular formula is C22H41NO5Si. The van der Waals surface area contributed by atoms with E-state index < -0.39 is 19.7 Å². The van der Waals surface area contributed by atoms with E-state index in [1.54, 1.807) is 4.90 Å². The number of hydrogen-bond donors (Lipinski definition) is 0. The van der Waals surface area contributed by atoms with E-state index in [0.29, 0.717) is 13.0 Å². The van der Waals surface area contributed by atoms with E-state index in [1.807, 2.05) is 40.7 Å². The molecule has 0 aromatic heterocycles. The molecule has 1 amide bonds. The van der Waals surface area contributed by atoms with Gasteiger partial charge in [0.1, 0.15) is 17.8 Å². The Hall–Kier alpha value is -0.893. The fourth-order valence-corrected chi connectivity index (χ4v) is 4.68. The standard InChI is InChI=1S/C22H41NO5Si/c1-12-13-15-17-18(27-22(8,9)26-17)16(14-25-29(10,11)21(5,6)7)23(15)19(24)28-20(2,3)4/h12,15-18H,1,13-14H2,2-11H3/t15-,16+,17-,18+/m1/s1. The van der Waals surface area contributed by atoms with Crippen molar-refractivity contribution < 1.29 is 23.4 Å². The summed E-state index contributed by atoms with van der Waals surface area (Å²) in [6.45, 7) is 24.8. The highest BCUT2D eigenvalue weighted by Gasteiger charge is 2.59. The molecule has 0 saturated carbocycles. The van der Waals surface area contributed by atoms with Gasteiger partial charge in [0.2, 0.25) is 0 Å². The second-order valence-electron chi connectivity index (χ2n) is 11.2. The second-order valence-corrected chi connectivity index (χ2v) is 16.0. The maximum absolute atomic E-state index is 13.2. The van der Waals surface area contributed by atoms with Crippen molar-refractivity contribution in [3.63, 3.8) is 0 Å². The molecule has 0 spiro atoms. The van der Waals surface area contributed by atoms with E-state index in [2.05, 4.69) is 40.4 Å². The SMILES string of the molecule is C=CC[C@@H]1[C@H]2OC(C)(C)O[C@H]2[C@H](CO[Si](C)(C)C(C)(C)C)N1C(=O)OC(C)(C)C. The predicted molar refractivity (Wildman–Crippen MR) is 117 cm³/mol. The molecule has 2 saturated heterocycles. The smallest absolute Gasteiger partial charge is 0.411 e. The molecule has 2 aliphatic rings. The summed E-state index contributed by atoms with van der Waals surface area (Å²) in [4.78, 5) is 15.0. The van der Waals surface area contributed by atoms with Crippen molar-refractivity contribution in [2.75, 3.05) is 6.61 Å². The van der Waals surface area contributed by atoms with Crippen LogP contribution >= 0.6 is 0 Å². The van der Waals surface area contributed by atoms with Gasteiger partial charge in [0.05, 0.1) is 18.7 Å². The molecule has 6 nitrogen and oxygen atoms in total. The van der Waals surface area contributed by atoms with Gasteiger partial charge in [-0.1, -0.05) is 26.8 Å². The Balaban J connectivity index is 2.35. The molecule has 29 heavy (non-hydrogen) atoms. The number of hydrogen-bond acceptors (Lipinski definition) is 5. The molecule has 4 atom stereocenters. The molecule has 2 heterocycles. The lowest BCUT2D eigenvalue weighted by Gasteiger charge is -2.39. The Morgan fingerprint density at radius 3 is 2.07 bits per heavy atom. The summed E-state index contributed by atoms with van der Waals surface area (Å²) in [5, 5.41) is 0.0780. The van der Waals surface area contributed by atoms with Crippen molar-refractivity contribution in [1.82, 2.24) is 4.90 Å². The zero-order valence-corrected chi connectivity index (χ0v) is 21.0. The van der Waals surface area contributed by atoms with Crippen molar-refractivity contribution >= 4 is 14.4 Å². The van der Waals surface area contributed by atoms with Crippen molar-refractivity contribution in [3.8, 4) is 0 Å². The Morgan fingerprint density at radius 1 is 1.10 bits per heavy atom. The highest BCUT2D eigenvalue weighted by atomic mass is 28.4. The van der Waals surface area contributed by atoms with Gasteiger partial charge in [-0.05, 0) is 59.2 Å². The zero-order chi connectivity index (χ0) is 22.4. The first-order valence-electron chi connectivity index (χ1n) is 10.6. The summed E-state index contributed by atoms with van der Waals surface area (Å²) in [6.07, 6.45) is 1.59. The van der Waals surface area contributed by atoms with Crippen LogP contribution in [0.4, 0.5) is 4.79 Å². The average Bonchev–Trinajstić information content (AvgIpc) is 2.94. The fourth-order valence-electron chi connectivity index (χ4n) is 3.66. The third-order valence-electron chi connectivity index (χ3n) is 6.07. The minimum Gasteiger partial charge on any atom is -0.444 e. The molecule has 0 bridgehead atoms. The summed E-state index contributed by atoms with van der Waals surface area (Å²) < 4.78 is 24.7. The highest BCUT2D eigenvalue weighted by molar-refractivity contribution is 6.74. The van der Waals surface area contributed by atoms with Crippen LogP contribution < -0.4 is 0 Å². The average molecular weight is 428 g/mol. The Labute approximate surface area is 178 Å². The summed E-state index contributed by atoms with van der Waals surface area (Å²) in [5.74, 6) is -0.690. The van der Waals surface area contributed by atoms with Gasteiger partial charge in [0.25, 0.3) is 0 Å². The van der Waals surface area contributed by atoms with E-state index in [1.165, 1.54) is 0 Å². The Kier molecular flexibility index (Phi) is 6.71. The topological polar surface area (TPSA) is 57.2 Å². The van der Waals surface area contributed by atoms with Gasteiger partial charge in [-0.3, -0.25) is 4.90 Å². The first kappa shape index (κ1) is 24.4. The van der Waals surface area contributed by atoms with Gasteiger partial charge in [0.15, 0.2) is 14.1 Å². The first-order valence-corrected chi connectivity index (χ1v) is 13.5. The number of carbonyl (C=O) groups is 1. The van der Waals surface area contributed by atoms with Crippen LogP contribution in [0, 0.1) is 0 Å². The summed E-state index contributed by atoms with van der Waals surface area (Å²) in [7, 11) is -2.00. The maximum Gasteiger partial charge on any atom is 0.411 e. The molecule has 168 valence electrons. The molecule has 0 aromatic carbocycles. The molecule has 7 heteroatoms. The van der Waals surface area contributed by atoms with E-state index in [4.69, 9.17) is 18.6 Å². The van der Waals surface area contributed by atoms with Crippen molar-refractivity contribution in [1.29, 1.82) is 0 Å². The Bertz CT molecular complexity index is 620. The summed E-state index contributed by atoms with van der Waals surface area (Å²) >= 11 is 0. The van der Waals surface area contributed by atoms with Crippen molar-refractivity contribution in [2.24, 2.45) is 0 Å². The zero-order valence-electron chi connectivity index (χ0n) is 20.0. The predicted octanol–water partition coefficient (Wildman–Crippen LogP) is 5.09. The number of carbonyl (C=O) groups excluding carboxylic acids is 1. The third kappa shape index (κ3) is 5.43. The maximum atomic E-state index is 13.2. The number of rotatable bonds is 5. The highest BCUT2D eigenvalue weighted by Crippen LogP contribution is 2.43. The fraction of sp³-hybridized carbons (Fsp3) is 0.864. The molecule has 0 aliphatic carbocycles. The number of nitrogens with zero attached hydrogens (tertiary/aromatic N) is 1. The molecule has 2 fully saturated rings. The lowest BCUT2D eigenvalue weighted by molar-refractivity contribution is -0.168. The molecule has 2 rings (SSSR count). The van der Waals surface area contributed by atoms with Gasteiger partial charge < -0.3 is 18.6 Å². The minimum atomic E-state index is -2.00. The quantitative estimate of drug-likeness (QED) is 0.452. The van der Waals surface area contributed by atoms with Crippen LogP contribution in [-0.2, 0) is 18.6 Å². The van der Waals surface area contributed by atoms with Gasteiger partial charge in [-0.15, -0.1) is 6.58 Å². The number of amides is 1. The Morgan fingerprint density at radius 2 is 1.62 bits per heavy atom. The minimum absolute atomic E-state index is 0.0780. The molecule has 0 radical (unpaired) electrons. The normalized spacial score (nSPS) is 29.7. The van der Waals surface area contributed by atoms with E-state index in [0.717, 1.165) is 0 Å². The number of fused-ring (bicyclic) bond motifs is 1. The second kappa shape index (κ2) is 7.98. The monoisotopic (exact) mass is 427 g/mol. The van der Waals surface area contributed by atoms with Gasteiger partial charge in [-0.25, -0.2) is 4.79 Å². The van der Waals surface area contributed by atoms with Gasteiger partial charge in [-0.2, -0.15) is 0 Å². The number of ether oxygens (including phenoxy) is 3. The largest absolute Gasteiger partial charge is 0.444 e. The van der Waals surface area contributed by atoms with Crippen molar-refractivity contribution in [3.05, 3.63) is 12.7 Å². The van der Waals surface area contributed by atoms with Crippen LogP contribution in [0.1, 0.15) is 61.8 Å². The molecule has 0 unspecified atom stereocenters. The van der Waals surface area contributed by atoms with Gasteiger partial charge >= 0.3 is 6.09 Å². The molecule has 2 aliphatic heterocycles. The summed E-state index contributed by atoms with van der Waals surface area (Å²) in [6, 6.07) is -0.460. The molecule has 0 aromatic rings. The van der Waals surface area contributed by atoms with E-state index in [9.17, 15) is 4.79 Å². The lowest BCUT2D eigenvalue weighted by Crippen LogP contribution is -2.52. The van der Waals surface area contributed by atoms with Crippen LogP contribution in [-0.4, -0.2) is 61.6 Å². The van der Waals surface area contributed by atoms with Crippen LogP contribution in [0.25, 0.3) is 0 Å². The van der Waals surface area contributed by atoms with Crippen LogP contribution in [0.3, 0.4) is 0 Å². The van der Waals surface area contributed by atoms with E-state index in [-0.39, 0.29) is 35.4 Å². The van der Waals surface area contributed by atoms with Crippen LogP contribution in [0.2, 0.25) is 18.1 Å². The molecular weight excluding hydrogens is 386 g/mol. The van der Waals surface area contributed by atoms with Crippen molar-refractivity contribution in [2.45, 2.75) is 116 Å². The first-order chi connectivity index (χ1) is 13.0. The van der Waals surface area contributed by atoms with E-state index >= 15 is 0 Å². The molecule has 0 N–H and O–H groups in total. The lowest BCUT2D eigenvalue weighted by atomic mass is 10.1. The van der Waals surface area contributed by atoms with Gasteiger partial charge in [0, 0.05) is 0 Å². The third-order valence-corrected chi connectivity index (χ3v) is 10.6. The summed E-state index contributed by atoms with van der Waals surface area (Å²) in [5.41, 5.74) is -0.584. The number of likely N-dealkylation sites (tertiary alicyclic amines) is 1.